The summed E-state index contributed by atoms with van der Waals surface area (Å²) in [4.78, 5) is 22.9. The molecule has 1 fully saturated rings. The van der Waals surface area contributed by atoms with Crippen molar-refractivity contribution in [1.82, 2.24) is 9.88 Å². The lowest BCUT2D eigenvalue weighted by atomic mass is 10.2. The molecule has 1 aromatic heterocycles. The van der Waals surface area contributed by atoms with Gasteiger partial charge in [0.05, 0.1) is 17.9 Å². The van der Waals surface area contributed by atoms with Crippen molar-refractivity contribution >= 4 is 68.4 Å². The number of thioether (sulfide) groups is 1. The molecule has 4 rings (SSSR count). The van der Waals surface area contributed by atoms with Gasteiger partial charge in [-0.2, -0.15) is 0 Å². The van der Waals surface area contributed by atoms with Gasteiger partial charge in [0, 0.05) is 42.5 Å². The molecule has 0 unspecified atom stereocenters. The van der Waals surface area contributed by atoms with E-state index in [9.17, 15) is 9.18 Å². The molecule has 10 heteroatoms. The SMILES string of the molecule is Cl.O=C(CCCSc1ccc(Cl)cc1)N(CCCN1CCOCC1)c1nc2c(F)cccc2s1. The summed E-state index contributed by atoms with van der Waals surface area (Å²) in [7, 11) is 0. The van der Waals surface area contributed by atoms with E-state index in [1.807, 2.05) is 30.3 Å². The molecule has 1 aliphatic heterocycles. The normalized spacial score (nSPS) is 14.2. The number of rotatable bonds is 10. The molecule has 0 atom stereocenters. The quantitative estimate of drug-likeness (QED) is 0.227. The summed E-state index contributed by atoms with van der Waals surface area (Å²) in [5, 5.41) is 1.29. The standard InChI is InChI=1S/C24H27ClFN3O2S2.ClH/c25-18-7-9-19(10-8-18)32-17-2-6-22(30)29(12-3-11-28-13-15-31-16-14-28)24-27-23-20(26)4-1-5-21(23)33-24;/h1,4-5,7-10H,2-3,6,11-17H2;1H. The summed E-state index contributed by atoms with van der Waals surface area (Å²) in [5.41, 5.74) is 0.335. The highest BCUT2D eigenvalue weighted by molar-refractivity contribution is 7.99. The molecule has 1 amide bonds. The molecule has 5 nitrogen and oxygen atoms in total. The van der Waals surface area contributed by atoms with Crippen molar-refractivity contribution in [3.63, 3.8) is 0 Å². The molecule has 0 aliphatic carbocycles. The molecule has 1 aliphatic rings. The molecule has 1 saturated heterocycles. The van der Waals surface area contributed by atoms with Crippen molar-refractivity contribution in [1.29, 1.82) is 0 Å². The molecule has 0 spiro atoms. The third-order valence-corrected chi connectivity index (χ3v) is 7.86. The Balaban J connectivity index is 0.00000324. The van der Waals surface area contributed by atoms with E-state index in [4.69, 9.17) is 16.3 Å². The number of ether oxygens (including phenoxy) is 1. The van der Waals surface area contributed by atoms with Crippen molar-refractivity contribution < 1.29 is 13.9 Å². The lowest BCUT2D eigenvalue weighted by molar-refractivity contribution is -0.118. The van der Waals surface area contributed by atoms with Crippen molar-refractivity contribution in [3.8, 4) is 0 Å². The Labute approximate surface area is 219 Å². The molecule has 184 valence electrons. The molecule has 2 aromatic carbocycles. The van der Waals surface area contributed by atoms with E-state index in [0.29, 0.717) is 23.6 Å². The Hall–Kier alpha value is -1.42. The summed E-state index contributed by atoms with van der Waals surface area (Å²) in [6.45, 7) is 4.82. The Morgan fingerprint density at radius 3 is 2.68 bits per heavy atom. The van der Waals surface area contributed by atoms with Crippen LogP contribution in [-0.4, -0.2) is 60.9 Å². The zero-order valence-electron chi connectivity index (χ0n) is 18.8. The smallest absolute Gasteiger partial charge is 0.228 e. The first kappa shape index (κ1) is 27.2. The first-order valence-corrected chi connectivity index (χ1v) is 13.3. The fourth-order valence-corrected chi connectivity index (χ4v) is 5.70. The van der Waals surface area contributed by atoms with Crippen molar-refractivity contribution in [2.24, 2.45) is 0 Å². The van der Waals surface area contributed by atoms with Gasteiger partial charge in [0.15, 0.2) is 5.13 Å². The number of carbonyl (C=O) groups is 1. The van der Waals surface area contributed by atoms with Crippen LogP contribution in [-0.2, 0) is 9.53 Å². The van der Waals surface area contributed by atoms with Crippen LogP contribution in [0.3, 0.4) is 0 Å². The topological polar surface area (TPSA) is 45.7 Å². The van der Waals surface area contributed by atoms with Gasteiger partial charge in [0.2, 0.25) is 5.91 Å². The van der Waals surface area contributed by atoms with Crippen molar-refractivity contribution in [3.05, 3.63) is 53.3 Å². The Morgan fingerprint density at radius 1 is 1.18 bits per heavy atom. The van der Waals surface area contributed by atoms with Gasteiger partial charge in [-0.05, 0) is 55.0 Å². The average molecular weight is 545 g/mol. The molecule has 2 heterocycles. The Morgan fingerprint density at radius 2 is 1.94 bits per heavy atom. The van der Waals surface area contributed by atoms with Gasteiger partial charge in [-0.15, -0.1) is 24.2 Å². The summed E-state index contributed by atoms with van der Waals surface area (Å²) >= 11 is 9.03. The van der Waals surface area contributed by atoms with Crippen LogP contribution in [0, 0.1) is 5.82 Å². The van der Waals surface area contributed by atoms with Crippen molar-refractivity contribution in [2.75, 3.05) is 50.0 Å². The number of amides is 1. The molecule has 0 saturated carbocycles. The van der Waals surface area contributed by atoms with E-state index in [-0.39, 0.29) is 24.1 Å². The number of morpholine rings is 1. The van der Waals surface area contributed by atoms with Crippen LogP contribution in [0.5, 0.6) is 0 Å². The van der Waals surface area contributed by atoms with Gasteiger partial charge < -0.3 is 4.74 Å². The first-order chi connectivity index (χ1) is 16.1. The third-order valence-electron chi connectivity index (χ3n) is 5.47. The number of anilines is 1. The zero-order chi connectivity index (χ0) is 23.0. The maximum atomic E-state index is 14.2. The molecule has 3 aromatic rings. The molecular weight excluding hydrogens is 516 g/mol. The number of halogens is 3. The Kier molecular flexibility index (Phi) is 10.9. The average Bonchev–Trinajstić information content (AvgIpc) is 3.26. The van der Waals surface area contributed by atoms with Gasteiger partial charge in [-0.1, -0.05) is 29.0 Å². The number of carbonyl (C=O) groups excluding carboxylic acids is 1. The lowest BCUT2D eigenvalue weighted by Crippen LogP contribution is -2.39. The van der Waals surface area contributed by atoms with E-state index in [1.165, 1.54) is 17.4 Å². The van der Waals surface area contributed by atoms with Gasteiger partial charge in [-0.3, -0.25) is 14.6 Å². The number of aromatic nitrogens is 1. The number of hydrogen-bond donors (Lipinski definition) is 0. The fourth-order valence-electron chi connectivity index (χ4n) is 3.70. The van der Waals surface area contributed by atoms with Crippen LogP contribution in [0.4, 0.5) is 9.52 Å². The number of benzene rings is 2. The van der Waals surface area contributed by atoms with E-state index >= 15 is 0 Å². The predicted molar refractivity (Wildman–Crippen MR) is 142 cm³/mol. The maximum Gasteiger partial charge on any atom is 0.228 e. The summed E-state index contributed by atoms with van der Waals surface area (Å²) in [6, 6.07) is 12.7. The van der Waals surface area contributed by atoms with Crippen molar-refractivity contribution in [2.45, 2.75) is 24.2 Å². The molecule has 0 N–H and O–H groups in total. The number of para-hydroxylation sites is 1. The second kappa shape index (κ2) is 13.6. The second-order valence-corrected chi connectivity index (χ2v) is 10.5. The summed E-state index contributed by atoms with van der Waals surface area (Å²) in [6.07, 6.45) is 2.02. The second-order valence-electron chi connectivity index (χ2n) is 7.84. The van der Waals surface area contributed by atoms with E-state index in [2.05, 4.69) is 9.88 Å². The van der Waals surface area contributed by atoms with E-state index in [1.54, 1.807) is 22.7 Å². The first-order valence-electron chi connectivity index (χ1n) is 11.1. The van der Waals surface area contributed by atoms with Gasteiger partial charge in [0.1, 0.15) is 11.3 Å². The highest BCUT2D eigenvalue weighted by Crippen LogP contribution is 2.31. The van der Waals surface area contributed by atoms with E-state index in [0.717, 1.165) is 66.1 Å². The minimum absolute atomic E-state index is 0. The van der Waals surface area contributed by atoms with Gasteiger partial charge in [-0.25, -0.2) is 9.37 Å². The molecular formula is C24H28Cl2FN3O2S2. The fraction of sp³-hybridized carbons (Fsp3) is 0.417. The van der Waals surface area contributed by atoms with Crippen LogP contribution >= 0.6 is 47.1 Å². The summed E-state index contributed by atoms with van der Waals surface area (Å²) < 4.78 is 20.4. The Bertz CT molecular complexity index is 1060. The molecule has 34 heavy (non-hydrogen) atoms. The highest BCUT2D eigenvalue weighted by atomic mass is 35.5. The van der Waals surface area contributed by atoms with E-state index < -0.39 is 0 Å². The molecule has 0 bridgehead atoms. The van der Waals surface area contributed by atoms with Crippen LogP contribution in [0.2, 0.25) is 5.02 Å². The number of nitrogens with zero attached hydrogens (tertiary/aromatic N) is 3. The van der Waals surface area contributed by atoms with Crippen LogP contribution in [0.15, 0.2) is 47.4 Å². The largest absolute Gasteiger partial charge is 0.379 e. The monoisotopic (exact) mass is 543 g/mol. The highest BCUT2D eigenvalue weighted by Gasteiger charge is 2.21. The minimum atomic E-state index is -0.352. The zero-order valence-corrected chi connectivity index (χ0v) is 22.0. The van der Waals surface area contributed by atoms with Crippen LogP contribution in [0.25, 0.3) is 10.2 Å². The minimum Gasteiger partial charge on any atom is -0.379 e. The van der Waals surface area contributed by atoms with Gasteiger partial charge >= 0.3 is 0 Å². The van der Waals surface area contributed by atoms with Gasteiger partial charge in [0.25, 0.3) is 0 Å². The van der Waals surface area contributed by atoms with Crippen LogP contribution < -0.4 is 4.90 Å². The number of thiazole rings is 1. The summed E-state index contributed by atoms with van der Waals surface area (Å²) in [5.74, 6) is 0.520. The number of hydrogen-bond acceptors (Lipinski definition) is 6. The van der Waals surface area contributed by atoms with Crippen LogP contribution in [0.1, 0.15) is 19.3 Å². The molecule has 0 radical (unpaired) electrons. The third kappa shape index (κ3) is 7.54. The lowest BCUT2D eigenvalue weighted by Gasteiger charge is -2.27. The predicted octanol–water partition coefficient (Wildman–Crippen LogP) is 6.14. The maximum absolute atomic E-state index is 14.2. The number of fused-ring (bicyclic) bond motifs is 1.